The molecule has 0 bridgehead atoms. The normalized spacial score (nSPS) is 15.0. The molecule has 7 heteroatoms. The fraction of sp³-hybridized carbons (Fsp3) is 0.345. The third kappa shape index (κ3) is 6.42. The molecule has 0 spiro atoms. The molecule has 2 aromatic carbocycles. The first-order valence-corrected chi connectivity index (χ1v) is 12.6. The molecule has 3 aromatic rings. The Kier molecular flexibility index (Phi) is 8.55. The predicted octanol–water partition coefficient (Wildman–Crippen LogP) is 4.81. The molecule has 1 aliphatic rings. The Morgan fingerprint density at radius 1 is 1.03 bits per heavy atom. The molecule has 2 N–H and O–H groups in total. The SMILES string of the molecule is CCOC(=O)/C=C/C(=O)N(Cc1ccccc1)C(C(=O)NC1CCCCC1)c1cc2ccccc2[nH]1. The number of hydrogen-bond acceptors (Lipinski definition) is 4. The minimum absolute atomic E-state index is 0.0851. The van der Waals surface area contributed by atoms with Crippen molar-refractivity contribution < 1.29 is 19.1 Å². The van der Waals surface area contributed by atoms with Gasteiger partial charge in [-0.25, -0.2) is 4.79 Å². The first-order chi connectivity index (χ1) is 17.5. The van der Waals surface area contributed by atoms with Gasteiger partial charge in [0.15, 0.2) is 6.04 Å². The Bertz CT molecular complexity index is 1180. The van der Waals surface area contributed by atoms with Gasteiger partial charge in [0.25, 0.3) is 0 Å². The van der Waals surface area contributed by atoms with Crippen LogP contribution in [0.4, 0.5) is 0 Å². The first kappa shape index (κ1) is 25.2. The van der Waals surface area contributed by atoms with Crippen molar-refractivity contribution >= 4 is 28.7 Å². The van der Waals surface area contributed by atoms with Crippen LogP contribution in [-0.4, -0.2) is 40.3 Å². The summed E-state index contributed by atoms with van der Waals surface area (Å²) in [6, 6.07) is 18.4. The smallest absolute Gasteiger partial charge is 0.330 e. The molecule has 1 unspecified atom stereocenters. The van der Waals surface area contributed by atoms with Crippen molar-refractivity contribution in [1.82, 2.24) is 15.2 Å². The predicted molar refractivity (Wildman–Crippen MR) is 139 cm³/mol. The summed E-state index contributed by atoms with van der Waals surface area (Å²) >= 11 is 0. The lowest BCUT2D eigenvalue weighted by Crippen LogP contribution is -2.46. The number of hydrogen-bond donors (Lipinski definition) is 2. The summed E-state index contributed by atoms with van der Waals surface area (Å²) < 4.78 is 4.94. The number of para-hydroxylation sites is 1. The Labute approximate surface area is 211 Å². The van der Waals surface area contributed by atoms with E-state index in [9.17, 15) is 14.4 Å². The Balaban J connectivity index is 1.72. The van der Waals surface area contributed by atoms with Crippen molar-refractivity contribution in [3.63, 3.8) is 0 Å². The van der Waals surface area contributed by atoms with Gasteiger partial charge >= 0.3 is 5.97 Å². The molecule has 0 aliphatic heterocycles. The van der Waals surface area contributed by atoms with Crippen molar-refractivity contribution in [3.8, 4) is 0 Å². The fourth-order valence-corrected chi connectivity index (χ4v) is 4.72. The van der Waals surface area contributed by atoms with E-state index < -0.39 is 17.9 Å². The monoisotopic (exact) mass is 487 g/mol. The average molecular weight is 488 g/mol. The van der Waals surface area contributed by atoms with E-state index in [2.05, 4.69) is 10.3 Å². The molecule has 188 valence electrons. The van der Waals surface area contributed by atoms with E-state index in [-0.39, 0.29) is 25.1 Å². The maximum absolute atomic E-state index is 13.8. The van der Waals surface area contributed by atoms with Crippen LogP contribution in [-0.2, 0) is 25.7 Å². The lowest BCUT2D eigenvalue weighted by atomic mass is 9.95. The van der Waals surface area contributed by atoms with Gasteiger partial charge in [-0.15, -0.1) is 0 Å². The second kappa shape index (κ2) is 12.2. The topological polar surface area (TPSA) is 91.5 Å². The second-order valence-electron chi connectivity index (χ2n) is 9.10. The second-order valence-corrected chi connectivity index (χ2v) is 9.10. The van der Waals surface area contributed by atoms with Gasteiger partial charge in [-0.1, -0.05) is 67.8 Å². The zero-order chi connectivity index (χ0) is 25.3. The number of H-pyrrole nitrogens is 1. The van der Waals surface area contributed by atoms with Crippen LogP contribution in [0.1, 0.15) is 56.3 Å². The van der Waals surface area contributed by atoms with Gasteiger partial charge in [0.1, 0.15) is 0 Å². The first-order valence-electron chi connectivity index (χ1n) is 12.6. The largest absolute Gasteiger partial charge is 0.463 e. The molecule has 0 saturated heterocycles. The van der Waals surface area contributed by atoms with E-state index in [0.717, 1.165) is 48.2 Å². The average Bonchev–Trinajstić information content (AvgIpc) is 3.32. The van der Waals surface area contributed by atoms with E-state index in [0.29, 0.717) is 5.69 Å². The summed E-state index contributed by atoms with van der Waals surface area (Å²) in [4.78, 5) is 44.1. The van der Waals surface area contributed by atoms with Crippen LogP contribution in [0.5, 0.6) is 0 Å². The number of aromatic nitrogens is 1. The minimum atomic E-state index is -0.904. The molecular formula is C29H33N3O4. The van der Waals surface area contributed by atoms with Gasteiger partial charge in [-0.05, 0) is 42.8 Å². The van der Waals surface area contributed by atoms with Crippen LogP contribution >= 0.6 is 0 Å². The number of aromatic amines is 1. The summed E-state index contributed by atoms with van der Waals surface area (Å²) in [5, 5.41) is 4.16. The molecule has 7 nitrogen and oxygen atoms in total. The maximum atomic E-state index is 13.8. The van der Waals surface area contributed by atoms with Crippen LogP contribution in [0, 0.1) is 0 Å². The summed E-state index contributed by atoms with van der Waals surface area (Å²) in [7, 11) is 0. The van der Waals surface area contributed by atoms with Crippen molar-refractivity contribution in [2.24, 2.45) is 0 Å². The number of fused-ring (bicyclic) bond motifs is 1. The highest BCUT2D eigenvalue weighted by Gasteiger charge is 2.33. The standard InChI is InChI=1S/C29H33N3O4/c1-2-36-27(34)18-17-26(33)32(20-21-11-5-3-6-12-21)28(29(35)30-23-14-7-4-8-15-23)25-19-22-13-9-10-16-24(22)31-25/h3,5-6,9-13,16-19,23,28,31H,2,4,7-8,14-15,20H2,1H3,(H,30,35)/b18-17+. The Morgan fingerprint density at radius 3 is 2.47 bits per heavy atom. The van der Waals surface area contributed by atoms with E-state index in [4.69, 9.17) is 4.74 Å². The summed E-state index contributed by atoms with van der Waals surface area (Å²) in [6.07, 6.45) is 7.50. The third-order valence-electron chi connectivity index (χ3n) is 6.48. The number of nitrogens with one attached hydrogen (secondary N) is 2. The highest BCUT2D eigenvalue weighted by Crippen LogP contribution is 2.28. The molecule has 1 heterocycles. The summed E-state index contributed by atoms with van der Waals surface area (Å²) in [6.45, 7) is 2.12. The van der Waals surface area contributed by atoms with Crippen LogP contribution in [0.25, 0.3) is 10.9 Å². The van der Waals surface area contributed by atoms with Crippen molar-refractivity contribution in [1.29, 1.82) is 0 Å². The number of esters is 1. The molecule has 2 amide bonds. The Morgan fingerprint density at radius 2 is 1.75 bits per heavy atom. The molecule has 0 radical (unpaired) electrons. The highest BCUT2D eigenvalue weighted by molar-refractivity contribution is 5.97. The van der Waals surface area contributed by atoms with Crippen LogP contribution in [0.3, 0.4) is 0 Å². The number of carbonyl (C=O) groups excluding carboxylic acids is 3. The van der Waals surface area contributed by atoms with Gasteiger partial charge < -0.3 is 19.9 Å². The van der Waals surface area contributed by atoms with E-state index in [1.54, 1.807) is 6.92 Å². The molecule has 1 fully saturated rings. The van der Waals surface area contributed by atoms with Gasteiger partial charge in [0.2, 0.25) is 11.8 Å². The molecule has 36 heavy (non-hydrogen) atoms. The molecule has 1 atom stereocenters. The number of rotatable bonds is 9. The number of benzene rings is 2. The van der Waals surface area contributed by atoms with Crippen molar-refractivity contribution in [2.75, 3.05) is 6.61 Å². The quantitative estimate of drug-likeness (QED) is 0.335. The minimum Gasteiger partial charge on any atom is -0.463 e. The number of amides is 2. The molecular weight excluding hydrogens is 454 g/mol. The van der Waals surface area contributed by atoms with Crippen molar-refractivity contribution in [3.05, 3.63) is 84.1 Å². The van der Waals surface area contributed by atoms with Gasteiger partial charge in [0.05, 0.1) is 6.61 Å². The molecule has 1 aliphatic carbocycles. The van der Waals surface area contributed by atoms with E-state index in [1.165, 1.54) is 17.4 Å². The van der Waals surface area contributed by atoms with Gasteiger partial charge in [-0.3, -0.25) is 9.59 Å². The Hall–Kier alpha value is -3.87. The number of ether oxygens (including phenoxy) is 1. The zero-order valence-corrected chi connectivity index (χ0v) is 20.6. The van der Waals surface area contributed by atoms with Gasteiger partial charge in [0, 0.05) is 35.9 Å². The van der Waals surface area contributed by atoms with E-state index in [1.807, 2.05) is 60.7 Å². The summed E-state index contributed by atoms with van der Waals surface area (Å²) in [5.74, 6) is -1.28. The number of nitrogens with zero attached hydrogens (tertiary/aromatic N) is 1. The van der Waals surface area contributed by atoms with Crippen molar-refractivity contribution in [2.45, 2.75) is 57.7 Å². The van der Waals surface area contributed by atoms with E-state index >= 15 is 0 Å². The lowest BCUT2D eigenvalue weighted by molar-refractivity contribution is -0.139. The molecule has 1 aromatic heterocycles. The molecule has 4 rings (SSSR count). The summed E-state index contributed by atoms with van der Waals surface area (Å²) in [5.41, 5.74) is 2.39. The van der Waals surface area contributed by atoms with Gasteiger partial charge in [-0.2, -0.15) is 0 Å². The maximum Gasteiger partial charge on any atom is 0.330 e. The molecule has 1 saturated carbocycles. The fourth-order valence-electron chi connectivity index (χ4n) is 4.72. The van der Waals surface area contributed by atoms with Crippen LogP contribution in [0.2, 0.25) is 0 Å². The highest BCUT2D eigenvalue weighted by atomic mass is 16.5. The van der Waals surface area contributed by atoms with Crippen LogP contribution in [0.15, 0.2) is 72.8 Å². The number of carbonyl (C=O) groups is 3. The van der Waals surface area contributed by atoms with Crippen LogP contribution < -0.4 is 5.32 Å². The zero-order valence-electron chi connectivity index (χ0n) is 20.6. The third-order valence-corrected chi connectivity index (χ3v) is 6.48. The lowest BCUT2D eigenvalue weighted by Gasteiger charge is -2.32.